The lowest BCUT2D eigenvalue weighted by Crippen LogP contribution is -2.21. The minimum atomic E-state index is -0.404. The number of anilines is 1. The van der Waals surface area contributed by atoms with Gasteiger partial charge in [-0.15, -0.1) is 0 Å². The minimum Gasteiger partial charge on any atom is -0.484 e. The van der Waals surface area contributed by atoms with E-state index in [1.165, 1.54) is 18.2 Å². The molecule has 0 radical (unpaired) electrons. The van der Waals surface area contributed by atoms with Gasteiger partial charge in [0, 0.05) is 12.3 Å². The molecule has 0 aliphatic carbocycles. The normalized spacial score (nSPS) is 10.0. The van der Waals surface area contributed by atoms with Crippen LogP contribution in [0.3, 0.4) is 0 Å². The van der Waals surface area contributed by atoms with Crippen molar-refractivity contribution < 1.29 is 13.9 Å². The van der Waals surface area contributed by atoms with Crippen LogP contribution in [-0.4, -0.2) is 17.5 Å². The zero-order valence-corrected chi connectivity index (χ0v) is 10.4. The van der Waals surface area contributed by atoms with Gasteiger partial charge in [-0.25, -0.2) is 9.37 Å². The molecule has 0 bridgehead atoms. The smallest absolute Gasteiger partial charge is 0.263 e. The molecule has 19 heavy (non-hydrogen) atoms. The zero-order valence-electron chi connectivity index (χ0n) is 10.4. The second-order valence-electron chi connectivity index (χ2n) is 3.96. The quantitative estimate of drug-likeness (QED) is 0.919. The molecule has 4 nitrogen and oxygen atoms in total. The van der Waals surface area contributed by atoms with Crippen LogP contribution in [0.1, 0.15) is 5.56 Å². The maximum absolute atomic E-state index is 12.9. The summed E-state index contributed by atoms with van der Waals surface area (Å²) in [5.41, 5.74) is 0.863. The second kappa shape index (κ2) is 5.95. The number of rotatable bonds is 4. The molecule has 1 amide bonds. The van der Waals surface area contributed by atoms with E-state index in [4.69, 9.17) is 4.74 Å². The van der Waals surface area contributed by atoms with Crippen molar-refractivity contribution in [2.24, 2.45) is 0 Å². The molecule has 0 saturated carbocycles. The summed E-state index contributed by atoms with van der Waals surface area (Å²) in [7, 11) is 0. The van der Waals surface area contributed by atoms with Gasteiger partial charge in [0.25, 0.3) is 5.91 Å². The van der Waals surface area contributed by atoms with Gasteiger partial charge < -0.3 is 10.1 Å². The van der Waals surface area contributed by atoms with Crippen molar-refractivity contribution in [2.75, 3.05) is 11.9 Å². The third-order valence-electron chi connectivity index (χ3n) is 2.43. The van der Waals surface area contributed by atoms with Crippen molar-refractivity contribution in [3.05, 3.63) is 54.0 Å². The van der Waals surface area contributed by atoms with Crippen LogP contribution >= 0.6 is 0 Å². The van der Waals surface area contributed by atoms with Gasteiger partial charge in [-0.05, 0) is 30.7 Å². The highest BCUT2D eigenvalue weighted by Gasteiger charge is 2.06. The first kappa shape index (κ1) is 13.0. The van der Waals surface area contributed by atoms with Crippen LogP contribution in [0, 0.1) is 12.7 Å². The number of benzene rings is 1. The molecule has 1 aromatic carbocycles. The largest absolute Gasteiger partial charge is 0.484 e. The van der Waals surface area contributed by atoms with Gasteiger partial charge in [0.1, 0.15) is 17.4 Å². The summed E-state index contributed by atoms with van der Waals surface area (Å²) < 4.78 is 18.1. The first-order chi connectivity index (χ1) is 9.15. The number of hydrogen-bond donors (Lipinski definition) is 1. The molecule has 0 saturated heterocycles. The van der Waals surface area contributed by atoms with Crippen molar-refractivity contribution in [3.63, 3.8) is 0 Å². The van der Waals surface area contributed by atoms with Gasteiger partial charge in [0.2, 0.25) is 0 Å². The van der Waals surface area contributed by atoms with Crippen LogP contribution in [0.25, 0.3) is 0 Å². The maximum atomic E-state index is 12.9. The van der Waals surface area contributed by atoms with Gasteiger partial charge in [0.05, 0.1) is 0 Å². The summed E-state index contributed by atoms with van der Waals surface area (Å²) in [6.45, 7) is 1.65. The Bertz CT molecular complexity index is 587. The van der Waals surface area contributed by atoms with E-state index in [9.17, 15) is 9.18 Å². The van der Waals surface area contributed by atoms with E-state index in [0.717, 1.165) is 5.56 Å². The standard InChI is InChI=1S/C14H13FN2O2/c1-10-4-3-7-16-14(10)17-13(18)9-19-12-6-2-5-11(15)8-12/h2-8H,9H2,1H3,(H,16,17,18). The lowest BCUT2D eigenvalue weighted by molar-refractivity contribution is -0.118. The fourth-order valence-corrected chi connectivity index (χ4v) is 1.49. The summed E-state index contributed by atoms with van der Waals surface area (Å²) in [5, 5.41) is 2.63. The van der Waals surface area contributed by atoms with Gasteiger partial charge in [-0.1, -0.05) is 12.1 Å². The Kier molecular flexibility index (Phi) is 4.07. The number of nitrogens with zero attached hydrogens (tertiary/aromatic N) is 1. The Labute approximate surface area is 110 Å². The highest BCUT2D eigenvalue weighted by molar-refractivity contribution is 5.91. The topological polar surface area (TPSA) is 51.2 Å². The van der Waals surface area contributed by atoms with Gasteiger partial charge in [-0.2, -0.15) is 0 Å². The van der Waals surface area contributed by atoms with Gasteiger partial charge >= 0.3 is 0 Å². The molecule has 1 heterocycles. The lowest BCUT2D eigenvalue weighted by atomic mass is 10.3. The first-order valence-corrected chi connectivity index (χ1v) is 5.75. The summed E-state index contributed by atoms with van der Waals surface area (Å²) in [6, 6.07) is 9.27. The number of ether oxygens (including phenoxy) is 1. The zero-order chi connectivity index (χ0) is 13.7. The molecule has 0 aliphatic rings. The van der Waals surface area contributed by atoms with E-state index in [0.29, 0.717) is 11.6 Å². The lowest BCUT2D eigenvalue weighted by Gasteiger charge is -2.08. The van der Waals surface area contributed by atoms with Crippen LogP contribution < -0.4 is 10.1 Å². The molecule has 5 heteroatoms. The number of carbonyl (C=O) groups is 1. The SMILES string of the molecule is Cc1cccnc1NC(=O)COc1cccc(F)c1. The van der Waals surface area contributed by atoms with Crippen LogP contribution in [0.5, 0.6) is 5.75 Å². The molecule has 0 atom stereocenters. The fraction of sp³-hybridized carbons (Fsp3) is 0.143. The Morgan fingerprint density at radius 2 is 2.21 bits per heavy atom. The van der Waals surface area contributed by atoms with Crippen molar-refractivity contribution in [3.8, 4) is 5.75 Å². The molecule has 98 valence electrons. The van der Waals surface area contributed by atoms with E-state index in [-0.39, 0.29) is 12.5 Å². The van der Waals surface area contributed by atoms with E-state index in [1.807, 2.05) is 13.0 Å². The minimum absolute atomic E-state index is 0.195. The first-order valence-electron chi connectivity index (χ1n) is 5.75. The summed E-state index contributed by atoms with van der Waals surface area (Å²) in [6.07, 6.45) is 1.59. The molecule has 1 aromatic heterocycles. The second-order valence-corrected chi connectivity index (χ2v) is 3.96. The van der Waals surface area contributed by atoms with E-state index in [2.05, 4.69) is 10.3 Å². The fourth-order valence-electron chi connectivity index (χ4n) is 1.49. The van der Waals surface area contributed by atoms with E-state index in [1.54, 1.807) is 18.3 Å². The monoisotopic (exact) mass is 260 g/mol. The number of amides is 1. The van der Waals surface area contributed by atoms with Crippen LogP contribution in [-0.2, 0) is 4.79 Å². The Morgan fingerprint density at radius 3 is 2.95 bits per heavy atom. The van der Waals surface area contributed by atoms with Gasteiger partial charge in [-0.3, -0.25) is 4.79 Å². The number of hydrogen-bond acceptors (Lipinski definition) is 3. The van der Waals surface area contributed by atoms with Crippen LogP contribution in [0.15, 0.2) is 42.6 Å². The molecule has 0 unspecified atom stereocenters. The van der Waals surface area contributed by atoms with Crippen LogP contribution in [0.4, 0.5) is 10.2 Å². The predicted molar refractivity (Wildman–Crippen MR) is 69.5 cm³/mol. The maximum Gasteiger partial charge on any atom is 0.263 e. The summed E-state index contributed by atoms with van der Waals surface area (Å²) in [4.78, 5) is 15.7. The molecule has 2 aromatic rings. The third-order valence-corrected chi connectivity index (χ3v) is 2.43. The summed E-state index contributed by atoms with van der Waals surface area (Å²) >= 11 is 0. The number of pyridine rings is 1. The molecule has 2 rings (SSSR count). The highest BCUT2D eigenvalue weighted by Crippen LogP contribution is 2.12. The predicted octanol–water partition coefficient (Wildman–Crippen LogP) is 2.55. The Balaban J connectivity index is 1.90. The number of halogens is 1. The number of carbonyl (C=O) groups excluding carboxylic acids is 1. The van der Waals surface area contributed by atoms with Crippen molar-refractivity contribution >= 4 is 11.7 Å². The number of aromatic nitrogens is 1. The highest BCUT2D eigenvalue weighted by atomic mass is 19.1. The molecule has 0 spiro atoms. The van der Waals surface area contributed by atoms with Crippen molar-refractivity contribution in [1.82, 2.24) is 4.98 Å². The third kappa shape index (κ3) is 3.77. The molecule has 0 aliphatic heterocycles. The van der Waals surface area contributed by atoms with E-state index < -0.39 is 5.82 Å². The van der Waals surface area contributed by atoms with Crippen molar-refractivity contribution in [1.29, 1.82) is 0 Å². The van der Waals surface area contributed by atoms with Crippen LogP contribution in [0.2, 0.25) is 0 Å². The average Bonchev–Trinajstić information content (AvgIpc) is 2.39. The van der Waals surface area contributed by atoms with Gasteiger partial charge in [0.15, 0.2) is 6.61 Å². The molecular weight excluding hydrogens is 247 g/mol. The number of nitrogens with one attached hydrogen (secondary N) is 1. The van der Waals surface area contributed by atoms with Crippen molar-refractivity contribution in [2.45, 2.75) is 6.92 Å². The Hall–Kier alpha value is -2.43. The Morgan fingerprint density at radius 1 is 1.37 bits per heavy atom. The molecule has 0 fully saturated rings. The van der Waals surface area contributed by atoms with E-state index >= 15 is 0 Å². The molecule has 1 N–H and O–H groups in total. The number of aryl methyl sites for hydroxylation is 1. The average molecular weight is 260 g/mol. The summed E-state index contributed by atoms with van der Waals surface area (Å²) in [5.74, 6) is 0.0628. The molecular formula is C14H13FN2O2.